The second-order valence-corrected chi connectivity index (χ2v) is 12.6. The molecule has 0 atom stereocenters. The fourth-order valence-electron chi connectivity index (χ4n) is 6.06. The lowest BCUT2D eigenvalue weighted by Crippen LogP contribution is -2.35. The van der Waals surface area contributed by atoms with Gasteiger partial charge >= 0.3 is 0 Å². The Morgan fingerprint density at radius 1 is 1.10 bits per heavy atom. The molecule has 0 saturated heterocycles. The highest BCUT2D eigenvalue weighted by Crippen LogP contribution is 2.34. The Morgan fingerprint density at radius 2 is 1.85 bits per heavy atom. The van der Waals surface area contributed by atoms with E-state index >= 15 is 0 Å². The number of thioether (sulfide) groups is 1. The number of aliphatic imine (C=N–C) groups is 1. The van der Waals surface area contributed by atoms with Gasteiger partial charge in [0.05, 0.1) is 12.1 Å². The van der Waals surface area contributed by atoms with Gasteiger partial charge in [0.15, 0.2) is 5.84 Å². The molecule has 7 nitrogen and oxygen atoms in total. The minimum absolute atomic E-state index is 0.0718. The van der Waals surface area contributed by atoms with E-state index in [1.54, 1.807) is 0 Å². The van der Waals surface area contributed by atoms with Crippen LogP contribution >= 0.6 is 11.8 Å². The molecule has 6 rings (SSSR count). The first-order chi connectivity index (χ1) is 19.9. The van der Waals surface area contributed by atoms with Crippen molar-refractivity contribution in [2.45, 2.75) is 71.8 Å². The molecule has 0 radical (unpaired) electrons. The molecular weight excluding hydrogens is 530 g/mol. The summed E-state index contributed by atoms with van der Waals surface area (Å²) in [5.74, 6) is 1.68. The standard InChI is InChI=1S/C33H37N5O2S/c1-21(2)19-30-36-38-31(34)28(32(39)35-33(38)41-30)20-27-22(3)37(29-12-8-7-11-26(27)29)17-18-40-25-15-13-24(14-16-25)23-9-5-4-6-10-23/h7-8,11-16,20-21,23,34H,4-6,9-10,17-19H2,1-3H3/b28-20-,34-31?. The molecule has 41 heavy (non-hydrogen) atoms. The van der Waals surface area contributed by atoms with Crippen LogP contribution in [0.3, 0.4) is 0 Å². The number of ether oxygens (including phenoxy) is 1. The molecule has 1 fully saturated rings. The summed E-state index contributed by atoms with van der Waals surface area (Å²) in [6.45, 7) is 7.50. The van der Waals surface area contributed by atoms with Gasteiger partial charge in [-0.3, -0.25) is 10.2 Å². The average molecular weight is 568 g/mol. The molecule has 3 aliphatic rings. The molecule has 2 aromatic carbocycles. The molecule has 3 aromatic rings. The van der Waals surface area contributed by atoms with Crippen molar-refractivity contribution >= 4 is 50.7 Å². The van der Waals surface area contributed by atoms with Crippen molar-refractivity contribution in [3.63, 3.8) is 0 Å². The monoisotopic (exact) mass is 567 g/mol. The third kappa shape index (κ3) is 5.62. The zero-order valence-electron chi connectivity index (χ0n) is 24.0. The van der Waals surface area contributed by atoms with Gasteiger partial charge in [0, 0.05) is 28.6 Å². The molecule has 3 heterocycles. The topological polar surface area (TPSA) is 83.0 Å². The largest absolute Gasteiger partial charge is 0.492 e. The number of hydrogen-bond acceptors (Lipinski definition) is 5. The minimum atomic E-state index is -0.397. The van der Waals surface area contributed by atoms with Gasteiger partial charge in [-0.2, -0.15) is 15.1 Å². The molecule has 1 N–H and O–H groups in total. The molecule has 1 amide bonds. The number of hydrogen-bond donors (Lipinski definition) is 1. The summed E-state index contributed by atoms with van der Waals surface area (Å²) in [5, 5.41) is 17.3. The lowest BCUT2D eigenvalue weighted by atomic mass is 9.84. The Hall–Kier alpha value is -3.65. The quantitative estimate of drug-likeness (QED) is 0.282. The van der Waals surface area contributed by atoms with Crippen LogP contribution in [0.25, 0.3) is 17.0 Å². The van der Waals surface area contributed by atoms with Crippen LogP contribution in [0, 0.1) is 18.3 Å². The summed E-state index contributed by atoms with van der Waals surface area (Å²) in [6, 6.07) is 16.8. The van der Waals surface area contributed by atoms with Gasteiger partial charge in [-0.05, 0) is 73.2 Å². The highest BCUT2D eigenvalue weighted by Gasteiger charge is 2.36. The van der Waals surface area contributed by atoms with E-state index in [-0.39, 0.29) is 11.4 Å². The number of hydrazone groups is 1. The third-order valence-corrected chi connectivity index (χ3v) is 9.12. The van der Waals surface area contributed by atoms with Gasteiger partial charge in [-0.1, -0.05) is 63.4 Å². The predicted molar refractivity (Wildman–Crippen MR) is 169 cm³/mol. The first-order valence-electron chi connectivity index (χ1n) is 14.7. The van der Waals surface area contributed by atoms with Crippen molar-refractivity contribution in [1.82, 2.24) is 9.58 Å². The van der Waals surface area contributed by atoms with Gasteiger partial charge < -0.3 is 9.30 Å². The van der Waals surface area contributed by atoms with Crippen LogP contribution in [-0.4, -0.2) is 38.1 Å². The number of carbonyl (C=O) groups excluding carboxylic acids is 1. The van der Waals surface area contributed by atoms with Crippen LogP contribution in [0.2, 0.25) is 0 Å². The van der Waals surface area contributed by atoms with Crippen molar-refractivity contribution in [3.8, 4) is 5.75 Å². The summed E-state index contributed by atoms with van der Waals surface area (Å²) in [5.41, 5.74) is 4.69. The number of aromatic nitrogens is 1. The number of fused-ring (bicyclic) bond motifs is 2. The van der Waals surface area contributed by atoms with Crippen LogP contribution in [0.4, 0.5) is 0 Å². The first-order valence-corrected chi connectivity index (χ1v) is 15.5. The van der Waals surface area contributed by atoms with Gasteiger partial charge in [-0.15, -0.1) is 0 Å². The van der Waals surface area contributed by atoms with Gasteiger partial charge in [0.1, 0.15) is 17.4 Å². The van der Waals surface area contributed by atoms with Crippen LogP contribution in [-0.2, 0) is 11.3 Å². The number of amidine groups is 2. The van der Waals surface area contributed by atoms with E-state index in [9.17, 15) is 4.79 Å². The van der Waals surface area contributed by atoms with E-state index in [1.165, 1.54) is 54.4 Å². The Bertz CT molecular complexity index is 1570. The zero-order valence-corrected chi connectivity index (χ0v) is 24.8. The van der Waals surface area contributed by atoms with E-state index in [2.05, 4.69) is 71.8 Å². The number of carbonyl (C=O) groups is 1. The predicted octanol–water partition coefficient (Wildman–Crippen LogP) is 7.74. The van der Waals surface area contributed by atoms with Crippen molar-refractivity contribution in [3.05, 3.63) is 70.9 Å². The maximum Gasteiger partial charge on any atom is 0.283 e. The van der Waals surface area contributed by atoms with Gasteiger partial charge in [0.2, 0.25) is 5.17 Å². The molecular formula is C33H37N5O2S. The van der Waals surface area contributed by atoms with Gasteiger partial charge in [0.25, 0.3) is 5.91 Å². The number of amides is 1. The third-order valence-electron chi connectivity index (χ3n) is 8.19. The maximum atomic E-state index is 13.1. The molecule has 212 valence electrons. The fourth-order valence-corrected chi connectivity index (χ4v) is 7.16. The van der Waals surface area contributed by atoms with Crippen LogP contribution in [0.15, 0.2) is 64.2 Å². The molecule has 0 spiro atoms. The molecule has 0 unspecified atom stereocenters. The summed E-state index contributed by atoms with van der Waals surface area (Å²) in [4.78, 5) is 17.4. The number of nitrogens with one attached hydrogen (secondary N) is 1. The molecule has 2 aliphatic heterocycles. The first kappa shape index (κ1) is 27.5. The number of rotatable bonds is 8. The van der Waals surface area contributed by atoms with Crippen molar-refractivity contribution < 1.29 is 9.53 Å². The van der Waals surface area contributed by atoms with Crippen molar-refractivity contribution in [1.29, 1.82) is 5.41 Å². The number of benzene rings is 2. The second-order valence-electron chi connectivity index (χ2n) is 11.5. The van der Waals surface area contributed by atoms with Gasteiger partial charge in [-0.25, -0.2) is 0 Å². The summed E-state index contributed by atoms with van der Waals surface area (Å²) < 4.78 is 8.40. The van der Waals surface area contributed by atoms with E-state index < -0.39 is 5.91 Å². The van der Waals surface area contributed by atoms with E-state index in [4.69, 9.17) is 10.1 Å². The Kier molecular flexibility index (Phi) is 7.84. The fraction of sp³-hybridized carbons (Fsp3) is 0.394. The lowest BCUT2D eigenvalue weighted by molar-refractivity contribution is -0.114. The number of nitrogens with zero attached hydrogens (tertiary/aromatic N) is 4. The summed E-state index contributed by atoms with van der Waals surface area (Å²) in [6.07, 6.45) is 9.22. The minimum Gasteiger partial charge on any atom is -0.492 e. The lowest BCUT2D eigenvalue weighted by Gasteiger charge is -2.22. The smallest absolute Gasteiger partial charge is 0.283 e. The number of para-hydroxylation sites is 1. The summed E-state index contributed by atoms with van der Waals surface area (Å²) >= 11 is 1.38. The maximum absolute atomic E-state index is 13.1. The highest BCUT2D eigenvalue weighted by molar-refractivity contribution is 8.26. The SMILES string of the molecule is Cc1c(/C=C2/C(=N)N3N=C(CC(C)C)SC3=NC2=O)c2ccccc2n1CCOc1ccc(C2CCCCC2)cc1. The molecule has 8 heteroatoms. The molecule has 0 bridgehead atoms. The molecule has 1 aromatic heterocycles. The van der Waals surface area contributed by atoms with Crippen LogP contribution in [0.5, 0.6) is 5.75 Å². The normalized spacial score (nSPS) is 18.8. The van der Waals surface area contributed by atoms with Crippen molar-refractivity contribution in [2.24, 2.45) is 16.0 Å². The molecule has 1 aliphatic carbocycles. The van der Waals surface area contributed by atoms with E-state index in [0.29, 0.717) is 30.2 Å². The molecule has 1 saturated carbocycles. The zero-order chi connectivity index (χ0) is 28.5. The Morgan fingerprint density at radius 3 is 2.61 bits per heavy atom. The van der Waals surface area contributed by atoms with E-state index in [0.717, 1.165) is 39.4 Å². The van der Waals surface area contributed by atoms with Crippen LogP contribution < -0.4 is 4.74 Å². The van der Waals surface area contributed by atoms with Crippen LogP contribution in [0.1, 0.15) is 75.1 Å². The van der Waals surface area contributed by atoms with E-state index in [1.807, 2.05) is 18.2 Å². The Labute approximate surface area is 245 Å². The van der Waals surface area contributed by atoms with Crippen molar-refractivity contribution in [2.75, 3.05) is 6.61 Å². The summed E-state index contributed by atoms with van der Waals surface area (Å²) in [7, 11) is 0. The second kappa shape index (κ2) is 11.7. The average Bonchev–Trinajstić information content (AvgIpc) is 3.49. The highest BCUT2D eigenvalue weighted by atomic mass is 32.2. The Balaban J connectivity index is 1.21.